The first-order valence-corrected chi connectivity index (χ1v) is 5.39. The summed E-state index contributed by atoms with van der Waals surface area (Å²) >= 11 is 0. The van der Waals surface area contributed by atoms with Crippen LogP contribution in [0.3, 0.4) is 0 Å². The van der Waals surface area contributed by atoms with Crippen molar-refractivity contribution in [3.63, 3.8) is 0 Å². The summed E-state index contributed by atoms with van der Waals surface area (Å²) in [5, 5.41) is 16.3. The molecule has 0 heterocycles. The van der Waals surface area contributed by atoms with Gasteiger partial charge in [0.1, 0.15) is 4.90 Å². The van der Waals surface area contributed by atoms with E-state index in [1.165, 1.54) is 0 Å². The molecule has 0 aliphatic carbocycles. The first kappa shape index (κ1) is 13.4. The first-order valence-electron chi connectivity index (χ1n) is 3.95. The summed E-state index contributed by atoms with van der Waals surface area (Å²) < 4.78 is 30.7. The molecule has 12 heteroatoms. The molecule has 0 unspecified atom stereocenters. The van der Waals surface area contributed by atoms with Gasteiger partial charge in [-0.05, 0) is 0 Å². The van der Waals surface area contributed by atoms with Gasteiger partial charge in [0.15, 0.2) is 10.5 Å². The summed E-state index contributed by atoms with van der Waals surface area (Å²) in [7, 11) is -4.92. The standard InChI is InChI=1S/C6H2N6O5S/c7-11-9-4-3(18(15,16)17)1-2(13)6(14)5(4)10-12-8/h1H,(H,15,16,17). The van der Waals surface area contributed by atoms with Crippen LogP contribution in [-0.4, -0.2) is 13.0 Å². The number of nitrogens with zero attached hydrogens (tertiary/aromatic N) is 6. The third kappa shape index (κ3) is 2.36. The fourth-order valence-corrected chi connectivity index (χ4v) is 1.71. The van der Waals surface area contributed by atoms with Gasteiger partial charge in [0.05, 0.1) is 5.36 Å². The van der Waals surface area contributed by atoms with Gasteiger partial charge in [0.25, 0.3) is 15.5 Å². The summed E-state index contributed by atoms with van der Waals surface area (Å²) in [6.07, 6.45) is 0. The fourth-order valence-electron chi connectivity index (χ4n) is 1.07. The molecule has 1 rings (SSSR count). The number of hydrogen-bond donors (Lipinski definition) is 1. The number of hydrogen-bond acceptors (Lipinski definition) is 7. The van der Waals surface area contributed by atoms with E-state index < -0.39 is 36.6 Å². The molecule has 0 aliphatic heterocycles. The van der Waals surface area contributed by atoms with Crippen LogP contribution in [0.4, 0.5) is 0 Å². The van der Waals surface area contributed by atoms with Crippen molar-refractivity contribution in [3.05, 3.63) is 47.8 Å². The second-order valence-electron chi connectivity index (χ2n) is 2.75. The summed E-state index contributed by atoms with van der Waals surface area (Å²) in [6, 6.07) is 0.276. The zero-order chi connectivity index (χ0) is 13.9. The van der Waals surface area contributed by atoms with E-state index in [1.54, 1.807) is 0 Å². The Bertz CT molecular complexity index is 869. The highest BCUT2D eigenvalue weighted by Crippen LogP contribution is 1.95. The molecular formula is C6H2N6O5S. The van der Waals surface area contributed by atoms with Gasteiger partial charge in [-0.3, -0.25) is 19.4 Å². The molecule has 0 fully saturated rings. The van der Waals surface area contributed by atoms with Gasteiger partial charge in [0, 0.05) is 6.07 Å². The average Bonchev–Trinajstić information content (AvgIpc) is 2.27. The zero-order valence-electron chi connectivity index (χ0n) is 8.25. The second-order valence-corrected chi connectivity index (χ2v) is 4.14. The van der Waals surface area contributed by atoms with Crippen LogP contribution in [0.15, 0.2) is 36.0 Å². The summed E-state index contributed by atoms with van der Waals surface area (Å²) in [5.41, 5.74) is 5.52. The van der Waals surface area contributed by atoms with Crippen molar-refractivity contribution in [2.24, 2.45) is 15.4 Å². The van der Waals surface area contributed by atoms with E-state index in [9.17, 15) is 18.0 Å². The maximum atomic E-state index is 11.3. The Balaban J connectivity index is 4.29. The molecular weight excluding hydrogens is 268 g/mol. The minimum Gasteiger partial charge on any atom is -0.362 e. The Hall–Kier alpha value is -2.65. The Morgan fingerprint density at radius 1 is 1.33 bits per heavy atom. The van der Waals surface area contributed by atoms with Crippen molar-refractivity contribution in [3.8, 4) is 0 Å². The van der Waals surface area contributed by atoms with E-state index in [-0.39, 0.29) is 6.07 Å². The Morgan fingerprint density at radius 3 is 2.39 bits per heavy atom. The molecule has 0 spiro atoms. The van der Waals surface area contributed by atoms with Gasteiger partial charge in [-0.2, -0.15) is 8.42 Å². The van der Waals surface area contributed by atoms with Crippen molar-refractivity contribution in [2.75, 3.05) is 0 Å². The normalized spacial score (nSPS) is 13.3. The van der Waals surface area contributed by atoms with Crippen LogP contribution in [0.25, 0.3) is 10.6 Å². The molecule has 0 aromatic heterocycles. The minimum atomic E-state index is -4.92. The van der Waals surface area contributed by atoms with Gasteiger partial charge in [-0.1, -0.05) is 0 Å². The molecule has 0 bridgehead atoms. The van der Waals surface area contributed by atoms with Gasteiger partial charge < -0.3 is 10.6 Å². The molecule has 0 atom stereocenters. The lowest BCUT2D eigenvalue weighted by molar-refractivity contribution is 0.481. The summed E-state index contributed by atoms with van der Waals surface area (Å²) in [4.78, 5) is 21.3. The van der Waals surface area contributed by atoms with Gasteiger partial charge in [-0.25, -0.2) is 0 Å². The Labute approximate surface area is 97.3 Å². The van der Waals surface area contributed by atoms with Crippen LogP contribution >= 0.6 is 0 Å². The van der Waals surface area contributed by atoms with E-state index in [0.717, 1.165) is 0 Å². The largest absolute Gasteiger partial charge is 0.362 e. The van der Waals surface area contributed by atoms with Crippen LogP contribution in [0.1, 0.15) is 0 Å². The molecule has 11 nitrogen and oxygen atoms in total. The molecule has 0 saturated carbocycles. The van der Waals surface area contributed by atoms with Gasteiger partial charge >= 0.3 is 5.08 Å². The monoisotopic (exact) mass is 270 g/mol. The van der Waals surface area contributed by atoms with Crippen molar-refractivity contribution < 1.29 is 13.0 Å². The highest BCUT2D eigenvalue weighted by molar-refractivity contribution is 7.85. The van der Waals surface area contributed by atoms with Crippen LogP contribution < -0.4 is 21.6 Å². The molecule has 1 aromatic rings. The average molecular weight is 270 g/mol. The van der Waals surface area contributed by atoms with E-state index in [4.69, 9.17) is 15.5 Å². The Kier molecular flexibility index (Phi) is 3.50. The lowest BCUT2D eigenvalue weighted by atomic mass is 10.3. The molecule has 0 saturated heterocycles. The minimum absolute atomic E-state index is 0.276. The number of rotatable bonds is 2. The third-order valence-electron chi connectivity index (χ3n) is 1.73. The quantitative estimate of drug-likeness (QED) is 0.214. The molecule has 0 amide bonds. The SMILES string of the molecule is N#[N+]N=c1c(S(=O)(=O)O)cc(=O)c(=O)c1=NN=[N-]. The predicted molar refractivity (Wildman–Crippen MR) is 53.2 cm³/mol. The van der Waals surface area contributed by atoms with Crippen molar-refractivity contribution in [1.82, 2.24) is 0 Å². The van der Waals surface area contributed by atoms with Crippen LogP contribution in [0.2, 0.25) is 0 Å². The molecule has 0 radical (unpaired) electrons. The van der Waals surface area contributed by atoms with E-state index >= 15 is 0 Å². The van der Waals surface area contributed by atoms with Crippen LogP contribution in [0, 0.1) is 5.39 Å². The smallest absolute Gasteiger partial charge is 0.339 e. The molecule has 18 heavy (non-hydrogen) atoms. The van der Waals surface area contributed by atoms with Crippen molar-refractivity contribution in [2.45, 2.75) is 4.90 Å². The molecule has 0 aliphatic rings. The lowest BCUT2D eigenvalue weighted by Crippen LogP contribution is -2.49. The highest BCUT2D eigenvalue weighted by atomic mass is 32.2. The summed E-state index contributed by atoms with van der Waals surface area (Å²) in [6.45, 7) is 0. The highest BCUT2D eigenvalue weighted by Gasteiger charge is 2.18. The van der Waals surface area contributed by atoms with E-state index in [0.29, 0.717) is 0 Å². The summed E-state index contributed by atoms with van der Waals surface area (Å²) in [5.74, 6) is 0. The first-order chi connectivity index (χ1) is 8.32. The fraction of sp³-hybridized carbons (Fsp3) is 0. The molecule has 1 N–H and O–H groups in total. The second kappa shape index (κ2) is 4.69. The number of diazo groups is 1. The van der Waals surface area contributed by atoms with Crippen molar-refractivity contribution in [1.29, 1.82) is 5.39 Å². The topological polar surface area (TPSA) is 176 Å². The van der Waals surface area contributed by atoms with Gasteiger partial charge in [-0.15, -0.1) is 0 Å². The zero-order valence-corrected chi connectivity index (χ0v) is 9.07. The van der Waals surface area contributed by atoms with Gasteiger partial charge in [0.2, 0.25) is 10.9 Å². The van der Waals surface area contributed by atoms with E-state index in [2.05, 4.69) is 20.5 Å². The Morgan fingerprint density at radius 2 is 1.94 bits per heavy atom. The van der Waals surface area contributed by atoms with Crippen molar-refractivity contribution >= 4 is 10.1 Å². The van der Waals surface area contributed by atoms with E-state index in [1.807, 2.05) is 0 Å². The maximum absolute atomic E-state index is 11.3. The lowest BCUT2D eigenvalue weighted by Gasteiger charge is -1.95. The molecule has 92 valence electrons. The van der Waals surface area contributed by atoms with Crippen LogP contribution in [-0.2, 0) is 10.1 Å². The molecule has 1 aromatic carbocycles. The number of benzene rings is 1. The third-order valence-corrected chi connectivity index (χ3v) is 2.59. The maximum Gasteiger partial charge on any atom is 0.339 e. The van der Waals surface area contributed by atoms with Crippen LogP contribution in [0.5, 0.6) is 0 Å². The predicted octanol–water partition coefficient (Wildman–Crippen LogP) is -1.96.